The van der Waals surface area contributed by atoms with Crippen molar-refractivity contribution in [1.82, 2.24) is 25.7 Å². The van der Waals surface area contributed by atoms with E-state index in [-0.39, 0.29) is 19.1 Å². The van der Waals surface area contributed by atoms with E-state index < -0.39 is 41.5 Å². The fourth-order valence-electron chi connectivity index (χ4n) is 3.92. The predicted molar refractivity (Wildman–Crippen MR) is 99.4 cm³/mol. The van der Waals surface area contributed by atoms with Gasteiger partial charge in [0.1, 0.15) is 11.6 Å². The lowest BCUT2D eigenvalue weighted by molar-refractivity contribution is -0.134. The Balaban J connectivity index is 1.49. The molecule has 2 bridgehead atoms. The summed E-state index contributed by atoms with van der Waals surface area (Å²) in [5, 5.41) is 10.4. The van der Waals surface area contributed by atoms with Crippen molar-refractivity contribution in [2.45, 2.75) is 64.1 Å². The molecule has 3 aliphatic rings. The number of rotatable bonds is 2. The van der Waals surface area contributed by atoms with Crippen molar-refractivity contribution < 1.29 is 29.1 Å². The minimum Gasteiger partial charge on any atom is -0.444 e. The number of ether oxygens (including phenoxy) is 1. The molecular weight excluding hydrogens is 382 g/mol. The average molecular weight is 411 g/mol. The van der Waals surface area contributed by atoms with E-state index in [4.69, 9.17) is 4.74 Å². The van der Waals surface area contributed by atoms with Crippen LogP contribution < -0.4 is 10.9 Å². The number of piperidine rings is 2. The summed E-state index contributed by atoms with van der Waals surface area (Å²) in [5.74, 6) is -1.36. The molecular formula is C18H29N5O6. The Bertz CT molecular complexity index is 693. The number of urea groups is 1. The number of nitrogens with zero attached hydrogens (tertiary/aromatic N) is 3. The van der Waals surface area contributed by atoms with Crippen molar-refractivity contribution >= 4 is 23.9 Å². The molecule has 162 valence electrons. The molecule has 29 heavy (non-hydrogen) atoms. The predicted octanol–water partition coefficient (Wildman–Crippen LogP) is 0.439. The number of hydroxylamine groups is 2. The molecule has 3 fully saturated rings. The first-order chi connectivity index (χ1) is 13.6. The number of nitrogens with one attached hydrogen (secondary N) is 2. The molecule has 0 saturated carbocycles. The third kappa shape index (κ3) is 4.72. The highest BCUT2D eigenvalue weighted by Gasteiger charge is 2.46. The quantitative estimate of drug-likeness (QED) is 0.446. The second kappa shape index (κ2) is 8.05. The van der Waals surface area contributed by atoms with Crippen LogP contribution in [0.15, 0.2) is 0 Å². The van der Waals surface area contributed by atoms with Crippen molar-refractivity contribution in [3.05, 3.63) is 0 Å². The Labute approximate surface area is 169 Å². The Morgan fingerprint density at radius 2 is 1.76 bits per heavy atom. The molecule has 11 nitrogen and oxygen atoms in total. The number of amides is 5. The SMILES string of the molecule is CC(C)(C)OC(=O)N1CCC[C@@H](C(=O)NNC(=O)C2CCC3CN2C(=O)N3O)C1. The summed E-state index contributed by atoms with van der Waals surface area (Å²) in [4.78, 5) is 51.9. The van der Waals surface area contributed by atoms with Crippen molar-refractivity contribution in [3.63, 3.8) is 0 Å². The number of likely N-dealkylation sites (tertiary alicyclic amines) is 1. The van der Waals surface area contributed by atoms with E-state index in [0.717, 1.165) is 0 Å². The lowest BCUT2D eigenvalue weighted by atomic mass is 9.97. The monoisotopic (exact) mass is 411 g/mol. The summed E-state index contributed by atoms with van der Waals surface area (Å²) in [5.41, 5.74) is 4.18. The average Bonchev–Trinajstić information content (AvgIpc) is 2.89. The maximum atomic E-state index is 12.5. The van der Waals surface area contributed by atoms with Crippen LogP contribution in [0.5, 0.6) is 0 Å². The number of fused-ring (bicyclic) bond motifs is 2. The lowest BCUT2D eigenvalue weighted by Crippen LogP contribution is -2.56. The standard InChI is InChI=1S/C18H29N5O6/c1-18(2,3)29-17(27)21-8-4-5-11(9-21)14(24)19-20-15(25)13-7-6-12-10-22(13)16(26)23(12)28/h11-13,28H,4-10H2,1-3H3,(H,19,24)(H,20,25)/t11-,12?,13?/m1/s1. The van der Waals surface area contributed by atoms with Crippen LogP contribution in [-0.4, -0.2) is 81.3 Å². The highest BCUT2D eigenvalue weighted by molar-refractivity contribution is 5.90. The van der Waals surface area contributed by atoms with Crippen LogP contribution >= 0.6 is 0 Å². The largest absolute Gasteiger partial charge is 0.444 e. The molecule has 0 aromatic carbocycles. The molecule has 5 amide bonds. The third-order valence-corrected chi connectivity index (χ3v) is 5.40. The first-order valence-corrected chi connectivity index (χ1v) is 9.93. The number of hydrogen-bond acceptors (Lipinski definition) is 6. The molecule has 3 atom stereocenters. The van der Waals surface area contributed by atoms with Gasteiger partial charge >= 0.3 is 12.1 Å². The number of carbonyl (C=O) groups excluding carboxylic acids is 4. The minimum absolute atomic E-state index is 0.214. The molecule has 3 heterocycles. The Hall–Kier alpha value is -2.56. The molecule has 3 N–H and O–H groups in total. The minimum atomic E-state index is -0.735. The van der Waals surface area contributed by atoms with Gasteiger partial charge in [-0.3, -0.25) is 25.6 Å². The van der Waals surface area contributed by atoms with Crippen LogP contribution in [-0.2, 0) is 14.3 Å². The van der Waals surface area contributed by atoms with Gasteiger partial charge in [-0.2, -0.15) is 0 Å². The van der Waals surface area contributed by atoms with Crippen LogP contribution in [0.25, 0.3) is 0 Å². The van der Waals surface area contributed by atoms with Crippen LogP contribution in [0.1, 0.15) is 46.5 Å². The molecule has 0 spiro atoms. The number of carbonyl (C=O) groups is 4. The van der Waals surface area contributed by atoms with Crippen LogP contribution in [0.3, 0.4) is 0 Å². The van der Waals surface area contributed by atoms with Gasteiger partial charge in [0, 0.05) is 19.6 Å². The highest BCUT2D eigenvalue weighted by Crippen LogP contribution is 2.28. The van der Waals surface area contributed by atoms with E-state index in [2.05, 4.69) is 10.9 Å². The molecule has 3 rings (SSSR count). The van der Waals surface area contributed by atoms with Crippen LogP contribution in [0.4, 0.5) is 9.59 Å². The zero-order valence-electron chi connectivity index (χ0n) is 17.0. The van der Waals surface area contributed by atoms with Gasteiger partial charge in [0.2, 0.25) is 5.91 Å². The van der Waals surface area contributed by atoms with Crippen molar-refractivity contribution in [1.29, 1.82) is 0 Å². The van der Waals surface area contributed by atoms with Crippen LogP contribution in [0, 0.1) is 5.92 Å². The third-order valence-electron chi connectivity index (χ3n) is 5.40. The molecule has 11 heteroatoms. The van der Waals surface area contributed by atoms with Gasteiger partial charge in [-0.15, -0.1) is 0 Å². The van der Waals surface area contributed by atoms with Crippen molar-refractivity contribution in [2.75, 3.05) is 19.6 Å². The molecule has 2 unspecified atom stereocenters. The smallest absolute Gasteiger partial charge is 0.410 e. The van der Waals surface area contributed by atoms with Gasteiger partial charge in [-0.1, -0.05) is 0 Å². The molecule has 0 aromatic heterocycles. The van der Waals surface area contributed by atoms with Gasteiger partial charge in [0.15, 0.2) is 0 Å². The van der Waals surface area contributed by atoms with E-state index in [0.29, 0.717) is 37.3 Å². The number of hydrazine groups is 1. The second-order valence-corrected chi connectivity index (χ2v) is 8.77. The fourth-order valence-corrected chi connectivity index (χ4v) is 3.92. The Kier molecular flexibility index (Phi) is 5.87. The first kappa shape index (κ1) is 21.2. The second-order valence-electron chi connectivity index (χ2n) is 8.77. The van der Waals surface area contributed by atoms with Gasteiger partial charge in [-0.25, -0.2) is 14.7 Å². The van der Waals surface area contributed by atoms with E-state index in [1.807, 2.05) is 0 Å². The van der Waals surface area contributed by atoms with Crippen molar-refractivity contribution in [3.8, 4) is 0 Å². The zero-order chi connectivity index (χ0) is 21.3. The summed E-state index contributed by atoms with van der Waals surface area (Å²) in [7, 11) is 0. The van der Waals surface area contributed by atoms with Crippen molar-refractivity contribution in [2.24, 2.45) is 5.92 Å². The van der Waals surface area contributed by atoms with Gasteiger partial charge in [-0.05, 0) is 46.5 Å². The van der Waals surface area contributed by atoms with Gasteiger partial charge in [0.25, 0.3) is 5.91 Å². The van der Waals surface area contributed by atoms with Gasteiger partial charge in [0.05, 0.1) is 12.0 Å². The summed E-state index contributed by atoms with van der Waals surface area (Å²) in [6.07, 6.45) is 1.71. The normalized spacial score (nSPS) is 27.0. The van der Waals surface area contributed by atoms with Gasteiger partial charge < -0.3 is 14.5 Å². The summed E-state index contributed by atoms with van der Waals surface area (Å²) < 4.78 is 5.35. The topological polar surface area (TPSA) is 132 Å². The molecule has 3 saturated heterocycles. The summed E-state index contributed by atoms with van der Waals surface area (Å²) >= 11 is 0. The fraction of sp³-hybridized carbons (Fsp3) is 0.778. The molecule has 3 aliphatic heterocycles. The first-order valence-electron chi connectivity index (χ1n) is 9.93. The van der Waals surface area contributed by atoms with E-state index >= 15 is 0 Å². The highest BCUT2D eigenvalue weighted by atomic mass is 16.6. The van der Waals surface area contributed by atoms with Crippen LogP contribution in [0.2, 0.25) is 0 Å². The Morgan fingerprint density at radius 3 is 2.45 bits per heavy atom. The Morgan fingerprint density at radius 1 is 1.07 bits per heavy atom. The lowest BCUT2D eigenvalue weighted by Gasteiger charge is -2.33. The maximum Gasteiger partial charge on any atom is 0.410 e. The molecule has 0 aliphatic carbocycles. The zero-order valence-corrected chi connectivity index (χ0v) is 17.0. The summed E-state index contributed by atoms with van der Waals surface area (Å²) in [6.45, 7) is 6.36. The van der Waals surface area contributed by atoms with E-state index in [1.165, 1.54) is 9.80 Å². The summed E-state index contributed by atoms with van der Waals surface area (Å²) in [6, 6.07) is -1.62. The maximum absolute atomic E-state index is 12.5. The molecule has 0 radical (unpaired) electrons. The van der Waals surface area contributed by atoms with E-state index in [9.17, 15) is 24.4 Å². The number of hydrogen-bond donors (Lipinski definition) is 3. The van der Waals surface area contributed by atoms with E-state index in [1.54, 1.807) is 20.8 Å². The molecule has 0 aromatic rings.